The number of aliphatic hydroxyl groups is 1. The maximum atomic E-state index is 10.9. The Balaban J connectivity index is 3.11. The molecule has 5 nitrogen and oxygen atoms in total. The van der Waals surface area contributed by atoms with Gasteiger partial charge in [-0.05, 0) is 13.0 Å². The highest BCUT2D eigenvalue weighted by molar-refractivity contribution is 6.33. The number of carbonyl (C=O) groups excluding carboxylic acids is 1. The first-order valence-electron chi connectivity index (χ1n) is 4.61. The summed E-state index contributed by atoms with van der Waals surface area (Å²) in [6, 6.07) is 2.91. The van der Waals surface area contributed by atoms with Crippen molar-refractivity contribution in [2.45, 2.75) is 20.1 Å². The van der Waals surface area contributed by atoms with Crippen molar-refractivity contribution in [3.05, 3.63) is 17.2 Å². The lowest BCUT2D eigenvalue weighted by molar-refractivity contribution is -0.114. The lowest BCUT2D eigenvalue weighted by Gasteiger charge is -2.15. The summed E-state index contributed by atoms with van der Waals surface area (Å²) in [5, 5.41) is 12.0. The number of amides is 1. The van der Waals surface area contributed by atoms with Crippen LogP contribution in [-0.4, -0.2) is 17.3 Å². The van der Waals surface area contributed by atoms with E-state index in [1.54, 1.807) is 0 Å². The van der Waals surface area contributed by atoms with Gasteiger partial charge in [-0.15, -0.1) is 0 Å². The second-order valence-corrected chi connectivity index (χ2v) is 3.68. The number of carbonyl (C=O) groups is 1. The van der Waals surface area contributed by atoms with Crippen molar-refractivity contribution >= 4 is 28.9 Å². The van der Waals surface area contributed by atoms with Crippen LogP contribution in [0.4, 0.5) is 11.4 Å². The number of halogens is 1. The molecular formula is C10H13ClN2O3. The van der Waals surface area contributed by atoms with E-state index in [2.05, 4.69) is 5.32 Å². The number of nitrogens with one attached hydrogen (secondary N) is 1. The quantitative estimate of drug-likeness (QED) is 0.557. The molecule has 4 N–H and O–H groups in total. The molecule has 1 unspecified atom stereocenters. The van der Waals surface area contributed by atoms with Crippen molar-refractivity contribution in [2.24, 2.45) is 0 Å². The zero-order valence-electron chi connectivity index (χ0n) is 8.95. The van der Waals surface area contributed by atoms with Crippen LogP contribution < -0.4 is 15.8 Å². The molecule has 6 heteroatoms. The molecule has 0 spiro atoms. The minimum atomic E-state index is -1.01. The zero-order chi connectivity index (χ0) is 12.3. The van der Waals surface area contributed by atoms with Gasteiger partial charge in [0.05, 0.1) is 16.4 Å². The molecule has 1 rings (SSSR count). The fraction of sp³-hybridized carbons (Fsp3) is 0.300. The Labute approximate surface area is 98.2 Å². The second kappa shape index (κ2) is 5.05. The maximum Gasteiger partial charge on any atom is 0.221 e. The largest absolute Gasteiger partial charge is 0.463 e. The number of benzene rings is 1. The summed E-state index contributed by atoms with van der Waals surface area (Å²) in [7, 11) is 0. The van der Waals surface area contributed by atoms with Crippen molar-refractivity contribution in [3.8, 4) is 5.75 Å². The lowest BCUT2D eigenvalue weighted by Crippen LogP contribution is -2.13. The molecular weight excluding hydrogens is 232 g/mol. The molecule has 0 aliphatic carbocycles. The molecule has 0 aliphatic rings. The van der Waals surface area contributed by atoms with Crippen LogP contribution in [0.3, 0.4) is 0 Å². The summed E-state index contributed by atoms with van der Waals surface area (Å²) < 4.78 is 5.08. The number of nitrogen functional groups attached to an aromatic ring is 1. The smallest absolute Gasteiger partial charge is 0.221 e. The van der Waals surface area contributed by atoms with Crippen LogP contribution in [-0.2, 0) is 4.79 Å². The zero-order valence-corrected chi connectivity index (χ0v) is 9.71. The van der Waals surface area contributed by atoms with Crippen LogP contribution in [0.5, 0.6) is 5.75 Å². The molecule has 1 aromatic carbocycles. The number of nitrogens with two attached hydrogens (primary N) is 1. The predicted octanol–water partition coefficient (Wildman–Crippen LogP) is 1.60. The van der Waals surface area contributed by atoms with Gasteiger partial charge in [0, 0.05) is 13.0 Å². The minimum Gasteiger partial charge on any atom is -0.463 e. The summed E-state index contributed by atoms with van der Waals surface area (Å²) in [4.78, 5) is 10.9. The van der Waals surface area contributed by atoms with E-state index in [1.165, 1.54) is 26.0 Å². The van der Waals surface area contributed by atoms with E-state index in [9.17, 15) is 4.79 Å². The van der Waals surface area contributed by atoms with Gasteiger partial charge in [-0.3, -0.25) is 4.79 Å². The van der Waals surface area contributed by atoms with Crippen LogP contribution >= 0.6 is 11.6 Å². The van der Waals surface area contributed by atoms with Crippen molar-refractivity contribution in [3.63, 3.8) is 0 Å². The molecule has 0 saturated heterocycles. The van der Waals surface area contributed by atoms with Gasteiger partial charge in [-0.1, -0.05) is 11.6 Å². The van der Waals surface area contributed by atoms with Gasteiger partial charge in [-0.2, -0.15) is 0 Å². The Morgan fingerprint density at radius 3 is 2.75 bits per heavy atom. The van der Waals surface area contributed by atoms with E-state index in [0.29, 0.717) is 16.4 Å². The first-order chi connectivity index (χ1) is 7.40. The van der Waals surface area contributed by atoms with Crippen LogP contribution in [0, 0.1) is 0 Å². The molecule has 0 saturated carbocycles. The molecule has 1 amide bonds. The van der Waals surface area contributed by atoms with Crippen molar-refractivity contribution in [2.75, 3.05) is 11.1 Å². The van der Waals surface area contributed by atoms with Gasteiger partial charge in [-0.25, -0.2) is 0 Å². The molecule has 0 radical (unpaired) electrons. The number of rotatable bonds is 3. The molecule has 0 heterocycles. The van der Waals surface area contributed by atoms with Crippen LogP contribution in [0.15, 0.2) is 12.1 Å². The molecule has 0 aliphatic heterocycles. The highest BCUT2D eigenvalue weighted by Gasteiger charge is 2.11. The third-order valence-corrected chi connectivity index (χ3v) is 2.03. The van der Waals surface area contributed by atoms with Gasteiger partial charge in [0.15, 0.2) is 6.29 Å². The van der Waals surface area contributed by atoms with E-state index < -0.39 is 6.29 Å². The summed E-state index contributed by atoms with van der Waals surface area (Å²) >= 11 is 5.81. The Morgan fingerprint density at radius 2 is 2.25 bits per heavy atom. The minimum absolute atomic E-state index is 0.267. The average Bonchev–Trinajstić information content (AvgIpc) is 2.11. The number of hydrogen-bond acceptors (Lipinski definition) is 4. The lowest BCUT2D eigenvalue weighted by atomic mass is 10.2. The summed E-state index contributed by atoms with van der Waals surface area (Å²) in [5.41, 5.74) is 6.27. The normalized spacial score (nSPS) is 12.0. The van der Waals surface area contributed by atoms with Crippen LogP contribution in [0.25, 0.3) is 0 Å². The molecule has 0 bridgehead atoms. The molecule has 1 atom stereocenters. The Bertz CT molecular complexity index is 407. The van der Waals surface area contributed by atoms with Gasteiger partial charge in [0.25, 0.3) is 0 Å². The molecule has 88 valence electrons. The van der Waals surface area contributed by atoms with E-state index in [-0.39, 0.29) is 11.7 Å². The summed E-state index contributed by atoms with van der Waals surface area (Å²) in [5.74, 6) is 0.00313. The summed E-state index contributed by atoms with van der Waals surface area (Å²) in [6.07, 6.45) is -1.01. The van der Waals surface area contributed by atoms with Gasteiger partial charge >= 0.3 is 0 Å². The van der Waals surface area contributed by atoms with Crippen molar-refractivity contribution < 1.29 is 14.6 Å². The van der Waals surface area contributed by atoms with Gasteiger partial charge in [0.2, 0.25) is 5.91 Å². The number of ether oxygens (including phenoxy) is 1. The Hall–Kier alpha value is -1.46. The highest BCUT2D eigenvalue weighted by Crippen LogP contribution is 2.33. The van der Waals surface area contributed by atoms with Crippen LogP contribution in [0.2, 0.25) is 5.02 Å². The number of hydrogen-bond donors (Lipinski definition) is 3. The average molecular weight is 245 g/mol. The Morgan fingerprint density at radius 1 is 1.62 bits per heavy atom. The van der Waals surface area contributed by atoms with E-state index in [1.807, 2.05) is 0 Å². The summed E-state index contributed by atoms with van der Waals surface area (Å²) in [6.45, 7) is 2.80. The molecule has 1 aromatic rings. The first-order valence-corrected chi connectivity index (χ1v) is 4.99. The number of anilines is 2. The van der Waals surface area contributed by atoms with Crippen molar-refractivity contribution in [1.29, 1.82) is 0 Å². The van der Waals surface area contributed by atoms with Crippen LogP contribution in [0.1, 0.15) is 13.8 Å². The van der Waals surface area contributed by atoms with E-state index in [4.69, 9.17) is 27.2 Å². The third kappa shape index (κ3) is 3.29. The van der Waals surface area contributed by atoms with Crippen molar-refractivity contribution in [1.82, 2.24) is 0 Å². The van der Waals surface area contributed by atoms with Gasteiger partial charge < -0.3 is 20.9 Å². The Kier molecular flexibility index (Phi) is 3.98. The monoisotopic (exact) mass is 244 g/mol. The van der Waals surface area contributed by atoms with E-state index >= 15 is 0 Å². The molecule has 16 heavy (non-hydrogen) atoms. The topological polar surface area (TPSA) is 84.6 Å². The maximum absolute atomic E-state index is 10.9. The standard InChI is InChI=1S/C10H13ClN2O3/c1-5(14)13-9-3-7(11)8(12)4-10(9)16-6(2)15/h3-4,6,15H,12H2,1-2H3,(H,13,14). The fourth-order valence-corrected chi connectivity index (χ4v) is 1.30. The van der Waals surface area contributed by atoms with Gasteiger partial charge in [0.1, 0.15) is 5.75 Å². The predicted molar refractivity (Wildman–Crippen MR) is 62.5 cm³/mol. The molecule has 0 aromatic heterocycles. The third-order valence-electron chi connectivity index (χ3n) is 1.71. The first kappa shape index (κ1) is 12.6. The molecule has 0 fully saturated rings. The SMILES string of the molecule is CC(=O)Nc1cc(Cl)c(N)cc1OC(C)O. The highest BCUT2D eigenvalue weighted by atomic mass is 35.5. The fourth-order valence-electron chi connectivity index (χ4n) is 1.14. The second-order valence-electron chi connectivity index (χ2n) is 3.27. The van der Waals surface area contributed by atoms with E-state index in [0.717, 1.165) is 0 Å². The number of aliphatic hydroxyl groups excluding tert-OH is 1.